The molecule has 1 aromatic heterocycles. The van der Waals surface area contributed by atoms with Crippen LogP contribution in [-0.2, 0) is 17.5 Å². The normalized spacial score (nSPS) is 12.6. The largest absolute Gasteiger partial charge is 0.416 e. The molecule has 0 unspecified atom stereocenters. The zero-order chi connectivity index (χ0) is 21.0. The molecule has 3 rings (SSSR count). The number of nitrogens with two attached hydrogens (primary N) is 1. The van der Waals surface area contributed by atoms with Crippen LogP contribution in [0.2, 0.25) is 0 Å². The molecule has 4 nitrogen and oxygen atoms in total. The number of quaternary nitrogens is 1. The molecule has 152 valence electrons. The summed E-state index contributed by atoms with van der Waals surface area (Å²) < 4.78 is 39.1. The van der Waals surface area contributed by atoms with Gasteiger partial charge in [-0.2, -0.15) is 13.2 Å². The first kappa shape index (κ1) is 21.0. The summed E-state index contributed by atoms with van der Waals surface area (Å²) in [6.07, 6.45) is -4.48. The van der Waals surface area contributed by atoms with Gasteiger partial charge in [0.25, 0.3) is 0 Å². The Kier molecular flexibility index (Phi) is 6.34. The quantitative estimate of drug-likeness (QED) is 0.630. The van der Waals surface area contributed by atoms with E-state index >= 15 is 0 Å². The molecule has 8 heteroatoms. The second kappa shape index (κ2) is 8.75. The van der Waals surface area contributed by atoms with Crippen molar-refractivity contribution in [1.82, 2.24) is 4.98 Å². The molecule has 1 amide bonds. The number of aromatic nitrogens is 1. The van der Waals surface area contributed by atoms with Gasteiger partial charge in [0.15, 0.2) is 5.13 Å². The minimum Gasteiger partial charge on any atom is -0.335 e. The molecule has 1 atom stereocenters. The van der Waals surface area contributed by atoms with Crippen molar-refractivity contribution in [3.8, 4) is 0 Å². The Morgan fingerprint density at radius 3 is 2.55 bits per heavy atom. The first-order chi connectivity index (χ1) is 13.8. The predicted molar refractivity (Wildman–Crippen MR) is 107 cm³/mol. The zero-order valence-electron chi connectivity index (χ0n) is 16.0. The number of thiazole rings is 1. The van der Waals surface area contributed by atoms with Crippen LogP contribution in [0.15, 0.2) is 60.0 Å². The van der Waals surface area contributed by atoms with Crippen molar-refractivity contribution in [2.45, 2.75) is 32.6 Å². The first-order valence-electron chi connectivity index (χ1n) is 9.06. The van der Waals surface area contributed by atoms with Crippen LogP contribution in [0.3, 0.4) is 0 Å². The van der Waals surface area contributed by atoms with Crippen molar-refractivity contribution in [3.63, 3.8) is 0 Å². The van der Waals surface area contributed by atoms with E-state index in [4.69, 9.17) is 0 Å². The minimum atomic E-state index is -4.48. The highest BCUT2D eigenvalue weighted by Gasteiger charge is 2.31. The molecule has 29 heavy (non-hydrogen) atoms. The van der Waals surface area contributed by atoms with Gasteiger partial charge in [-0.1, -0.05) is 36.4 Å². The molecule has 0 bridgehead atoms. The molecule has 0 saturated carbocycles. The SMILES string of the molecule is CC(=O)N(c1cccc(C(F)(F)F)c1)c1nc(C[NH2+][C@@H](C)c2ccccc2)cs1. The number of alkyl halides is 3. The molecule has 2 N–H and O–H groups in total. The maximum atomic E-state index is 13.0. The molecule has 0 aliphatic carbocycles. The maximum absolute atomic E-state index is 13.0. The van der Waals surface area contributed by atoms with Gasteiger partial charge in [0, 0.05) is 17.9 Å². The fraction of sp³-hybridized carbons (Fsp3) is 0.238. The third-order valence-electron chi connectivity index (χ3n) is 4.48. The molecule has 2 aromatic carbocycles. The Hall–Kier alpha value is -2.71. The number of anilines is 2. The lowest BCUT2D eigenvalue weighted by molar-refractivity contribution is -0.708. The van der Waals surface area contributed by atoms with Crippen LogP contribution in [0.5, 0.6) is 0 Å². The molecule has 3 aromatic rings. The van der Waals surface area contributed by atoms with Gasteiger partial charge in [0.05, 0.1) is 11.3 Å². The van der Waals surface area contributed by atoms with Crippen LogP contribution in [0.4, 0.5) is 24.0 Å². The van der Waals surface area contributed by atoms with Crippen molar-refractivity contribution in [3.05, 3.63) is 76.8 Å². The van der Waals surface area contributed by atoms with Crippen molar-refractivity contribution < 1.29 is 23.3 Å². The third kappa shape index (κ3) is 5.21. The van der Waals surface area contributed by atoms with E-state index in [0.29, 0.717) is 11.7 Å². The Balaban J connectivity index is 1.77. The summed E-state index contributed by atoms with van der Waals surface area (Å²) in [7, 11) is 0. The number of hydrogen-bond donors (Lipinski definition) is 1. The fourth-order valence-electron chi connectivity index (χ4n) is 2.93. The second-order valence-electron chi connectivity index (χ2n) is 6.66. The number of halogens is 3. The first-order valence-corrected chi connectivity index (χ1v) is 9.94. The molecule has 0 spiro atoms. The summed E-state index contributed by atoms with van der Waals surface area (Å²) in [5.74, 6) is -0.396. The lowest BCUT2D eigenvalue weighted by Crippen LogP contribution is -2.83. The predicted octanol–water partition coefficient (Wildman–Crippen LogP) is 4.67. The Morgan fingerprint density at radius 1 is 1.17 bits per heavy atom. The van der Waals surface area contributed by atoms with Crippen LogP contribution >= 0.6 is 11.3 Å². The monoisotopic (exact) mass is 420 g/mol. The molecular weight excluding hydrogens is 399 g/mol. The van der Waals surface area contributed by atoms with Crippen LogP contribution < -0.4 is 10.2 Å². The highest BCUT2D eigenvalue weighted by atomic mass is 32.1. The summed E-state index contributed by atoms with van der Waals surface area (Å²) in [5, 5.41) is 4.30. The summed E-state index contributed by atoms with van der Waals surface area (Å²) in [6.45, 7) is 4.00. The van der Waals surface area contributed by atoms with Gasteiger partial charge in [0.2, 0.25) is 5.91 Å². The van der Waals surface area contributed by atoms with Crippen molar-refractivity contribution in [2.24, 2.45) is 0 Å². The highest BCUT2D eigenvalue weighted by Crippen LogP contribution is 2.34. The summed E-state index contributed by atoms with van der Waals surface area (Å²) >= 11 is 1.23. The van der Waals surface area contributed by atoms with Crippen LogP contribution in [0.25, 0.3) is 0 Å². The number of rotatable bonds is 6. The number of nitrogens with zero attached hydrogens (tertiary/aromatic N) is 2. The van der Waals surface area contributed by atoms with Crippen LogP contribution in [-0.4, -0.2) is 10.9 Å². The topological polar surface area (TPSA) is 49.8 Å². The highest BCUT2D eigenvalue weighted by molar-refractivity contribution is 7.14. The van der Waals surface area contributed by atoms with Crippen molar-refractivity contribution >= 4 is 28.1 Å². The van der Waals surface area contributed by atoms with Gasteiger partial charge in [-0.3, -0.25) is 9.69 Å². The molecule has 0 saturated heterocycles. The molecule has 0 radical (unpaired) electrons. The zero-order valence-corrected chi connectivity index (χ0v) is 16.8. The van der Waals surface area contributed by atoms with E-state index in [-0.39, 0.29) is 11.7 Å². The van der Waals surface area contributed by atoms with E-state index < -0.39 is 17.6 Å². The average molecular weight is 420 g/mol. The van der Waals surface area contributed by atoms with Crippen LogP contribution in [0, 0.1) is 0 Å². The molecule has 0 fully saturated rings. The van der Waals surface area contributed by atoms with E-state index in [9.17, 15) is 18.0 Å². The Morgan fingerprint density at radius 2 is 1.90 bits per heavy atom. The van der Waals surface area contributed by atoms with E-state index in [1.165, 1.54) is 40.9 Å². The number of hydrogen-bond acceptors (Lipinski definition) is 3. The van der Waals surface area contributed by atoms with Crippen LogP contribution in [0.1, 0.15) is 36.7 Å². The second-order valence-corrected chi connectivity index (χ2v) is 7.50. The fourth-order valence-corrected chi connectivity index (χ4v) is 3.83. The third-order valence-corrected chi connectivity index (χ3v) is 5.36. The van der Waals surface area contributed by atoms with Gasteiger partial charge in [-0.05, 0) is 25.1 Å². The summed E-state index contributed by atoms with van der Waals surface area (Å²) in [5.41, 5.74) is 1.31. The molecule has 0 aliphatic heterocycles. The van der Waals surface area contributed by atoms with E-state index in [2.05, 4.69) is 29.4 Å². The van der Waals surface area contributed by atoms with Crippen molar-refractivity contribution in [1.29, 1.82) is 0 Å². The number of carbonyl (C=O) groups is 1. The number of carbonyl (C=O) groups excluding carboxylic acids is 1. The van der Waals surface area contributed by atoms with E-state index in [0.717, 1.165) is 17.8 Å². The average Bonchev–Trinajstić information content (AvgIpc) is 3.14. The van der Waals surface area contributed by atoms with E-state index in [1.54, 1.807) is 0 Å². The number of amides is 1. The van der Waals surface area contributed by atoms with Crippen molar-refractivity contribution in [2.75, 3.05) is 4.90 Å². The summed E-state index contributed by atoms with van der Waals surface area (Å²) in [4.78, 5) is 17.9. The molecule has 1 heterocycles. The molecule has 0 aliphatic rings. The van der Waals surface area contributed by atoms with Gasteiger partial charge in [-0.25, -0.2) is 4.98 Å². The number of benzene rings is 2. The van der Waals surface area contributed by atoms with E-state index in [1.807, 2.05) is 23.6 Å². The smallest absolute Gasteiger partial charge is 0.335 e. The summed E-state index contributed by atoms with van der Waals surface area (Å²) in [6, 6.07) is 15.0. The van der Waals surface area contributed by atoms with Gasteiger partial charge < -0.3 is 5.32 Å². The van der Waals surface area contributed by atoms with Gasteiger partial charge >= 0.3 is 6.18 Å². The standard InChI is InChI=1S/C21H20F3N3OS/c1-14(16-7-4-3-5-8-16)25-12-18-13-29-20(26-18)27(15(2)28)19-10-6-9-17(11-19)21(22,23)24/h3-11,13-14,25H,12H2,1-2H3/p+1/t14-/m0/s1. The van der Waals surface area contributed by atoms with Gasteiger partial charge in [-0.15, -0.1) is 11.3 Å². The maximum Gasteiger partial charge on any atom is 0.416 e. The Labute approximate surface area is 171 Å². The minimum absolute atomic E-state index is 0.148. The molecular formula is C21H21F3N3OS+. The lowest BCUT2D eigenvalue weighted by Gasteiger charge is -2.19. The lowest BCUT2D eigenvalue weighted by atomic mass is 10.1. The Bertz CT molecular complexity index is 973. The van der Waals surface area contributed by atoms with Gasteiger partial charge in [0.1, 0.15) is 18.3 Å².